The van der Waals surface area contributed by atoms with E-state index in [0.717, 1.165) is 27.0 Å². The van der Waals surface area contributed by atoms with Crippen LogP contribution in [0.1, 0.15) is 0 Å². The van der Waals surface area contributed by atoms with Gasteiger partial charge in [0, 0.05) is 5.56 Å². The maximum Gasteiger partial charge on any atom is 0.410 e. The van der Waals surface area contributed by atoms with E-state index in [1.54, 1.807) is 0 Å². The van der Waals surface area contributed by atoms with Crippen molar-refractivity contribution < 1.29 is 17.1 Å². The summed E-state index contributed by atoms with van der Waals surface area (Å²) in [5.41, 5.74) is 1.89. The lowest BCUT2D eigenvalue weighted by atomic mass is 10.1. The topological polar surface area (TPSA) is 43.1 Å². The van der Waals surface area contributed by atoms with Gasteiger partial charge in [-0.25, -0.2) is 10.1 Å². The molecule has 0 bridgehead atoms. The summed E-state index contributed by atoms with van der Waals surface area (Å²) < 4.78 is -0.0561. The Morgan fingerprint density at radius 2 is 1.00 bits per heavy atom. The Balaban J connectivity index is 0.00000240. The number of hydrogen-bond donors (Lipinski definition) is 0. The van der Waals surface area contributed by atoms with Gasteiger partial charge < -0.3 is 12.4 Å². The Hall–Kier alpha value is -3.00. The van der Waals surface area contributed by atoms with Gasteiger partial charge in [0.25, 0.3) is 0 Å². The minimum absolute atomic E-state index is 0. The van der Waals surface area contributed by atoms with Crippen LogP contribution in [0.4, 0.5) is 0 Å². The predicted octanol–water partition coefficient (Wildman–Crippen LogP) is 1.84. The Morgan fingerprint density at radius 3 is 1.48 bits per heavy atom. The molecule has 0 amide bonds. The number of benzene rings is 4. The van der Waals surface area contributed by atoms with Gasteiger partial charge in [0.2, 0.25) is 0 Å². The molecule has 0 radical (unpaired) electrons. The third-order valence-electron chi connectivity index (χ3n) is 4.84. The van der Waals surface area contributed by atoms with Crippen molar-refractivity contribution in [2.24, 2.45) is 0 Å². The molecular weight excluding hydrogens is 401 g/mol. The van der Waals surface area contributed by atoms with Crippen molar-refractivity contribution in [1.82, 2.24) is 0 Å². The Morgan fingerprint density at radius 1 is 0.586 bits per heavy atom. The van der Waals surface area contributed by atoms with Crippen molar-refractivity contribution in [1.29, 1.82) is 0 Å². The van der Waals surface area contributed by atoms with Crippen molar-refractivity contribution in [3.63, 3.8) is 0 Å². The Labute approximate surface area is 177 Å². The second-order valence-corrected chi connectivity index (χ2v) is 9.54. The molecule has 0 aliphatic heterocycles. The van der Waals surface area contributed by atoms with Crippen molar-refractivity contribution in [2.45, 2.75) is 0 Å². The molecule has 0 N–H and O–H groups in total. The summed E-state index contributed by atoms with van der Waals surface area (Å²) >= 11 is 0. The fourth-order valence-corrected chi connectivity index (χ4v) is 7.08. The van der Waals surface area contributed by atoms with E-state index in [1.165, 1.54) is 0 Å². The molecule has 0 aliphatic rings. The van der Waals surface area contributed by atoms with Crippen molar-refractivity contribution in [3.8, 4) is 11.1 Å². The third-order valence-corrected chi connectivity index (χ3v) is 8.51. The zero-order chi connectivity index (χ0) is 19.4. The highest BCUT2D eigenvalue weighted by atomic mass is 35.5. The highest BCUT2D eigenvalue weighted by Crippen LogP contribution is 2.57. The van der Waals surface area contributed by atoms with E-state index < -0.39 is 7.41 Å². The van der Waals surface area contributed by atoms with Gasteiger partial charge in [-0.2, -0.15) is 0 Å². The van der Waals surface area contributed by atoms with Crippen LogP contribution in [0.5, 0.6) is 0 Å². The van der Waals surface area contributed by atoms with E-state index in [2.05, 4.69) is 0 Å². The summed E-state index contributed by atoms with van der Waals surface area (Å²) in [6, 6.07) is 36.4. The fourth-order valence-electron chi connectivity index (χ4n) is 3.61. The number of nitro groups is 1. The summed E-state index contributed by atoms with van der Waals surface area (Å²) in [5.74, 6) is 0. The minimum atomic E-state index is -3.11. The lowest BCUT2D eigenvalue weighted by Gasteiger charge is -2.19. The first-order chi connectivity index (χ1) is 13.7. The van der Waals surface area contributed by atoms with Crippen molar-refractivity contribution in [3.05, 3.63) is 125 Å². The second kappa shape index (κ2) is 9.00. The first-order valence-corrected chi connectivity index (χ1v) is 10.8. The van der Waals surface area contributed by atoms with Crippen LogP contribution < -0.4 is 28.3 Å². The largest absolute Gasteiger partial charge is 1.00 e. The van der Waals surface area contributed by atoms with E-state index in [-0.39, 0.29) is 17.1 Å². The Kier molecular flexibility index (Phi) is 6.43. The molecule has 4 aromatic carbocycles. The van der Waals surface area contributed by atoms with Crippen molar-refractivity contribution >= 4 is 23.3 Å². The maximum atomic E-state index is 12.9. The molecule has 4 rings (SSSR count). The standard InChI is InChI=1S/C24H19NO2P.ClH/c26-25(27)28(21-14-6-2-7-15-21,22-16-8-3-9-17-22)24-19-11-10-18-23(24)20-12-4-1-5-13-20;/h1-19H;1H/q+1;/p-1. The fraction of sp³-hybridized carbons (Fsp3) is 0. The van der Waals surface area contributed by atoms with Crippen LogP contribution in [0.2, 0.25) is 0 Å². The number of rotatable bonds is 5. The second-order valence-electron chi connectivity index (χ2n) is 6.43. The molecular formula is C24H19ClNO2P. The van der Waals surface area contributed by atoms with E-state index in [0.29, 0.717) is 0 Å². The molecule has 0 aliphatic carbocycles. The molecule has 0 heterocycles. The molecule has 3 nitrogen and oxygen atoms in total. The molecule has 0 saturated heterocycles. The van der Waals surface area contributed by atoms with Crippen LogP contribution in [0.15, 0.2) is 115 Å². The molecule has 0 spiro atoms. The summed E-state index contributed by atoms with van der Waals surface area (Å²) in [7, 11) is -3.11. The van der Waals surface area contributed by atoms with Gasteiger partial charge in [0.15, 0.2) is 20.6 Å². The molecule has 0 atom stereocenters. The van der Waals surface area contributed by atoms with Crippen LogP contribution in [0, 0.1) is 10.1 Å². The van der Waals surface area contributed by atoms with Gasteiger partial charge >= 0.3 is 7.41 Å². The normalized spacial score (nSPS) is 10.8. The van der Waals surface area contributed by atoms with Gasteiger partial charge in [0.05, 0.1) is 0 Å². The monoisotopic (exact) mass is 419 g/mol. The zero-order valence-electron chi connectivity index (χ0n) is 15.6. The van der Waals surface area contributed by atoms with E-state index in [4.69, 9.17) is 0 Å². The van der Waals surface area contributed by atoms with E-state index in [1.807, 2.05) is 115 Å². The van der Waals surface area contributed by atoms with Gasteiger partial charge in [-0.1, -0.05) is 84.9 Å². The lowest BCUT2D eigenvalue weighted by Crippen LogP contribution is -3.00. The molecule has 5 heteroatoms. The summed E-state index contributed by atoms with van der Waals surface area (Å²) in [4.78, 5) is 12.9. The predicted molar refractivity (Wildman–Crippen MR) is 118 cm³/mol. The van der Waals surface area contributed by atoms with Crippen LogP contribution in [0.25, 0.3) is 11.1 Å². The highest BCUT2D eigenvalue weighted by molar-refractivity contribution is 7.90. The van der Waals surface area contributed by atoms with E-state index >= 15 is 0 Å². The average Bonchev–Trinajstić information content (AvgIpc) is 2.77. The van der Waals surface area contributed by atoms with Crippen LogP contribution >= 0.6 is 7.41 Å². The first kappa shape index (κ1) is 20.7. The van der Waals surface area contributed by atoms with Gasteiger partial charge in [0.1, 0.15) is 0 Å². The number of hydrogen-bond acceptors (Lipinski definition) is 2. The van der Waals surface area contributed by atoms with Gasteiger partial charge in [-0.3, -0.25) is 0 Å². The third kappa shape index (κ3) is 3.67. The molecule has 0 aromatic heterocycles. The summed E-state index contributed by atoms with van der Waals surface area (Å²) in [5, 5.41) is 15.1. The summed E-state index contributed by atoms with van der Waals surface area (Å²) in [6.07, 6.45) is 0. The minimum Gasteiger partial charge on any atom is -1.00 e. The number of halogens is 1. The number of nitrogens with zero attached hydrogens (tertiary/aromatic N) is 1. The van der Waals surface area contributed by atoms with Crippen LogP contribution in [-0.4, -0.2) is 4.69 Å². The molecule has 144 valence electrons. The average molecular weight is 420 g/mol. The zero-order valence-corrected chi connectivity index (χ0v) is 17.2. The first-order valence-electron chi connectivity index (χ1n) is 9.05. The SMILES string of the molecule is O=[N+]([O-])[P+](c1ccccc1)(c1ccccc1)c1ccccc1-c1ccccc1.[Cl-]. The van der Waals surface area contributed by atoms with Gasteiger partial charge in [-0.05, 0) is 35.9 Å². The molecule has 0 fully saturated rings. The summed E-state index contributed by atoms with van der Waals surface area (Å²) in [6.45, 7) is 0. The lowest BCUT2D eigenvalue weighted by molar-refractivity contribution is -0.303. The Bertz CT molecular complexity index is 1050. The maximum absolute atomic E-state index is 12.9. The highest BCUT2D eigenvalue weighted by Gasteiger charge is 2.61. The molecule has 0 unspecified atom stereocenters. The quantitative estimate of drug-likeness (QED) is 0.281. The molecule has 29 heavy (non-hydrogen) atoms. The van der Waals surface area contributed by atoms with E-state index in [9.17, 15) is 10.1 Å². The molecule has 0 saturated carbocycles. The van der Waals surface area contributed by atoms with Crippen LogP contribution in [0.3, 0.4) is 0 Å². The van der Waals surface area contributed by atoms with Gasteiger partial charge in [-0.15, -0.1) is 0 Å². The molecule has 4 aromatic rings. The smallest absolute Gasteiger partial charge is 0.410 e. The van der Waals surface area contributed by atoms with Crippen molar-refractivity contribution in [2.75, 3.05) is 0 Å². The van der Waals surface area contributed by atoms with Crippen LogP contribution in [-0.2, 0) is 0 Å².